The molecule has 0 saturated carbocycles. The van der Waals surface area contributed by atoms with E-state index in [0.29, 0.717) is 31.6 Å². The van der Waals surface area contributed by atoms with Crippen molar-refractivity contribution in [2.45, 2.75) is 58.3 Å². The highest BCUT2D eigenvalue weighted by molar-refractivity contribution is 5.92. The molecule has 0 aliphatic carbocycles. The van der Waals surface area contributed by atoms with Crippen LogP contribution in [0.5, 0.6) is 0 Å². The summed E-state index contributed by atoms with van der Waals surface area (Å²) in [6, 6.07) is -0.448. The van der Waals surface area contributed by atoms with Gasteiger partial charge in [-0.15, -0.1) is 0 Å². The number of nitrogens with zero attached hydrogens (tertiary/aromatic N) is 2. The van der Waals surface area contributed by atoms with E-state index < -0.39 is 35.2 Å². The summed E-state index contributed by atoms with van der Waals surface area (Å²) in [6.45, 7) is 7.90. The molecule has 1 spiro atoms. The number of piperidine rings is 1. The Morgan fingerprint density at radius 1 is 1.31 bits per heavy atom. The van der Waals surface area contributed by atoms with Crippen molar-refractivity contribution in [3.05, 3.63) is 11.8 Å². The zero-order valence-corrected chi connectivity index (χ0v) is 15.7. The number of aliphatic hydroxyl groups excluding tert-OH is 1. The van der Waals surface area contributed by atoms with Gasteiger partial charge in [0, 0.05) is 19.2 Å². The first-order valence-corrected chi connectivity index (χ1v) is 8.92. The Hall–Kier alpha value is -2.09. The van der Waals surface area contributed by atoms with Gasteiger partial charge in [0.2, 0.25) is 5.91 Å². The topological polar surface area (TPSA) is 96.4 Å². The van der Waals surface area contributed by atoms with Crippen molar-refractivity contribution >= 4 is 18.0 Å². The minimum Gasteiger partial charge on any atom is -0.456 e. The summed E-state index contributed by atoms with van der Waals surface area (Å²) in [7, 11) is 0. The van der Waals surface area contributed by atoms with Crippen LogP contribution >= 0.6 is 0 Å². The molecule has 3 aliphatic heterocycles. The third-order valence-electron chi connectivity index (χ3n) is 5.34. The third-order valence-corrected chi connectivity index (χ3v) is 5.34. The number of rotatable bonds is 1. The molecule has 3 rings (SSSR count). The molecule has 0 aromatic carbocycles. The maximum atomic E-state index is 13.1. The average Bonchev–Trinajstić information content (AvgIpc) is 3.04. The van der Waals surface area contributed by atoms with Crippen molar-refractivity contribution in [1.82, 2.24) is 9.80 Å². The van der Waals surface area contributed by atoms with Crippen molar-refractivity contribution < 1.29 is 29.0 Å². The zero-order chi connectivity index (χ0) is 19.3. The molecule has 2 unspecified atom stereocenters. The first-order chi connectivity index (χ1) is 12.0. The predicted octanol–water partition coefficient (Wildman–Crippen LogP) is 1.04. The lowest BCUT2D eigenvalue weighted by atomic mass is 9.74. The van der Waals surface area contributed by atoms with Crippen molar-refractivity contribution in [2.75, 3.05) is 19.7 Å². The van der Waals surface area contributed by atoms with Crippen molar-refractivity contribution in [3.8, 4) is 0 Å². The molecule has 2 fully saturated rings. The van der Waals surface area contributed by atoms with Crippen LogP contribution in [-0.4, -0.2) is 70.3 Å². The van der Waals surface area contributed by atoms with Gasteiger partial charge in [-0.3, -0.25) is 4.79 Å². The molecule has 1 N–H and O–H groups in total. The number of amides is 2. The molecule has 0 radical (unpaired) electrons. The van der Waals surface area contributed by atoms with Crippen LogP contribution in [0, 0.1) is 5.41 Å². The van der Waals surface area contributed by atoms with E-state index in [1.165, 1.54) is 11.0 Å². The number of aliphatic hydroxyl groups is 1. The van der Waals surface area contributed by atoms with E-state index in [1.807, 2.05) is 0 Å². The van der Waals surface area contributed by atoms with Gasteiger partial charge in [-0.05, 0) is 40.5 Å². The Labute approximate surface area is 152 Å². The number of likely N-dealkylation sites (tertiary alicyclic amines) is 2. The van der Waals surface area contributed by atoms with Crippen LogP contribution in [0.15, 0.2) is 11.8 Å². The molecule has 2 amide bonds. The zero-order valence-electron chi connectivity index (χ0n) is 15.7. The van der Waals surface area contributed by atoms with Gasteiger partial charge in [0.25, 0.3) is 0 Å². The fourth-order valence-electron chi connectivity index (χ4n) is 3.97. The average molecular weight is 366 g/mol. The first kappa shape index (κ1) is 18.7. The Kier molecular flexibility index (Phi) is 4.50. The summed E-state index contributed by atoms with van der Waals surface area (Å²) in [5.41, 5.74) is -1.04. The molecule has 0 bridgehead atoms. The number of esters is 1. The third kappa shape index (κ3) is 3.06. The Balaban J connectivity index is 1.73. The van der Waals surface area contributed by atoms with E-state index in [2.05, 4.69) is 0 Å². The van der Waals surface area contributed by atoms with E-state index in [-0.39, 0.29) is 12.5 Å². The van der Waals surface area contributed by atoms with Crippen LogP contribution in [0.1, 0.15) is 40.5 Å². The molecule has 144 valence electrons. The van der Waals surface area contributed by atoms with Gasteiger partial charge in [0.15, 0.2) is 0 Å². The second-order valence-corrected chi connectivity index (χ2v) is 8.23. The molecule has 0 aromatic heterocycles. The van der Waals surface area contributed by atoms with Crippen molar-refractivity contribution in [3.63, 3.8) is 0 Å². The second-order valence-electron chi connectivity index (χ2n) is 8.23. The van der Waals surface area contributed by atoms with E-state index >= 15 is 0 Å². The van der Waals surface area contributed by atoms with E-state index in [1.54, 1.807) is 32.6 Å². The first-order valence-electron chi connectivity index (χ1n) is 8.92. The molecule has 8 nitrogen and oxygen atoms in total. The van der Waals surface area contributed by atoms with Crippen LogP contribution in [0.3, 0.4) is 0 Å². The Bertz CT molecular complexity index is 657. The van der Waals surface area contributed by atoms with Crippen LogP contribution < -0.4 is 0 Å². The molecule has 3 heterocycles. The van der Waals surface area contributed by atoms with Crippen molar-refractivity contribution in [1.29, 1.82) is 0 Å². The van der Waals surface area contributed by atoms with Crippen LogP contribution in [-0.2, 0) is 19.1 Å². The van der Waals surface area contributed by atoms with Crippen LogP contribution in [0.4, 0.5) is 4.79 Å². The van der Waals surface area contributed by atoms with Gasteiger partial charge in [0.1, 0.15) is 12.2 Å². The summed E-state index contributed by atoms with van der Waals surface area (Å²) in [6.07, 6.45) is 0.738. The lowest BCUT2D eigenvalue weighted by Gasteiger charge is -2.39. The molecule has 2 saturated heterocycles. The second kappa shape index (κ2) is 6.26. The number of hydrogen-bond donors (Lipinski definition) is 1. The molecular formula is C18H26N2O6. The lowest BCUT2D eigenvalue weighted by molar-refractivity contribution is -0.140. The Morgan fingerprint density at radius 2 is 1.92 bits per heavy atom. The van der Waals surface area contributed by atoms with E-state index in [4.69, 9.17) is 9.47 Å². The normalized spacial score (nSPS) is 28.4. The number of carbonyl (C=O) groups excluding carboxylic acids is 3. The predicted molar refractivity (Wildman–Crippen MR) is 90.8 cm³/mol. The highest BCUT2D eigenvalue weighted by Crippen LogP contribution is 2.46. The number of ether oxygens (including phenoxy) is 2. The van der Waals surface area contributed by atoms with Crippen LogP contribution in [0.2, 0.25) is 0 Å². The highest BCUT2D eigenvalue weighted by atomic mass is 16.6. The van der Waals surface area contributed by atoms with Gasteiger partial charge in [-0.1, -0.05) is 0 Å². The summed E-state index contributed by atoms with van der Waals surface area (Å²) >= 11 is 0. The summed E-state index contributed by atoms with van der Waals surface area (Å²) in [4.78, 5) is 39.8. The highest BCUT2D eigenvalue weighted by Gasteiger charge is 2.59. The van der Waals surface area contributed by atoms with Gasteiger partial charge >= 0.3 is 12.1 Å². The molecule has 2 atom stereocenters. The summed E-state index contributed by atoms with van der Waals surface area (Å²) in [5.74, 6) is -0.680. The molecule has 26 heavy (non-hydrogen) atoms. The number of carbonyl (C=O) groups is 3. The van der Waals surface area contributed by atoms with Gasteiger partial charge < -0.3 is 24.4 Å². The smallest absolute Gasteiger partial charge is 0.410 e. The molecular weight excluding hydrogens is 340 g/mol. The lowest BCUT2D eigenvalue weighted by Crippen LogP contribution is -2.51. The maximum Gasteiger partial charge on any atom is 0.410 e. The molecule has 0 aromatic rings. The number of hydrogen-bond acceptors (Lipinski definition) is 6. The quantitative estimate of drug-likeness (QED) is 0.697. The fraction of sp³-hybridized carbons (Fsp3) is 0.722. The van der Waals surface area contributed by atoms with E-state index in [9.17, 15) is 19.5 Å². The standard InChI is InChI=1S/C18H26N2O6/c1-11-14(22)18(15(23)20(11)12-9-13(21)25-10-12)5-7-19(8-6-18)16(24)26-17(2,3)4/h9,11,14,22H,5-8,10H2,1-4H3. The maximum absolute atomic E-state index is 13.1. The minimum atomic E-state index is -0.940. The van der Waals surface area contributed by atoms with Gasteiger partial charge in [-0.2, -0.15) is 0 Å². The monoisotopic (exact) mass is 366 g/mol. The number of cyclic esters (lactones) is 1. The van der Waals surface area contributed by atoms with Crippen molar-refractivity contribution in [2.24, 2.45) is 5.41 Å². The summed E-state index contributed by atoms with van der Waals surface area (Å²) < 4.78 is 10.3. The van der Waals surface area contributed by atoms with Gasteiger partial charge in [0.05, 0.1) is 23.3 Å². The Morgan fingerprint density at radius 3 is 2.42 bits per heavy atom. The summed E-state index contributed by atoms with van der Waals surface area (Å²) in [5, 5.41) is 10.8. The largest absolute Gasteiger partial charge is 0.456 e. The molecule has 8 heteroatoms. The van der Waals surface area contributed by atoms with E-state index in [0.717, 1.165) is 0 Å². The van der Waals surface area contributed by atoms with Gasteiger partial charge in [-0.25, -0.2) is 9.59 Å². The van der Waals surface area contributed by atoms with Crippen LogP contribution in [0.25, 0.3) is 0 Å². The molecule has 3 aliphatic rings. The SMILES string of the molecule is CC1C(O)C2(CCN(C(=O)OC(C)(C)C)CC2)C(=O)N1C1=CC(=O)OC1. The fourth-order valence-corrected chi connectivity index (χ4v) is 3.97. The minimum absolute atomic E-state index is 0.0434.